The Hall–Kier alpha value is -3.26. The summed E-state index contributed by atoms with van der Waals surface area (Å²) >= 11 is 0. The third-order valence-electron chi connectivity index (χ3n) is 5.25. The fourth-order valence-corrected chi connectivity index (χ4v) is 3.68. The van der Waals surface area contributed by atoms with Crippen LogP contribution in [0.2, 0.25) is 0 Å². The van der Waals surface area contributed by atoms with E-state index >= 15 is 0 Å². The van der Waals surface area contributed by atoms with E-state index in [1.807, 2.05) is 30.3 Å². The average Bonchev–Trinajstić information content (AvgIpc) is 2.71. The van der Waals surface area contributed by atoms with Crippen LogP contribution in [0, 0.1) is 5.82 Å². The van der Waals surface area contributed by atoms with Crippen molar-refractivity contribution in [3.05, 3.63) is 54.0 Å². The van der Waals surface area contributed by atoms with E-state index in [-0.39, 0.29) is 29.3 Å². The van der Waals surface area contributed by atoms with Gasteiger partial charge in [0.15, 0.2) is 11.6 Å². The van der Waals surface area contributed by atoms with Gasteiger partial charge in [0, 0.05) is 29.4 Å². The zero-order valence-electron chi connectivity index (χ0n) is 15.9. The number of nitrogens with zero attached hydrogens (tertiary/aromatic N) is 2. The quantitative estimate of drug-likeness (QED) is 0.527. The molecule has 1 aliphatic carbocycles. The van der Waals surface area contributed by atoms with E-state index in [1.165, 1.54) is 0 Å². The van der Waals surface area contributed by atoms with Gasteiger partial charge in [-0.2, -0.15) is 0 Å². The maximum atomic E-state index is 14.6. The van der Waals surface area contributed by atoms with Crippen LogP contribution in [0.25, 0.3) is 10.9 Å². The van der Waals surface area contributed by atoms with E-state index in [9.17, 15) is 9.18 Å². The average molecular weight is 394 g/mol. The van der Waals surface area contributed by atoms with Crippen molar-refractivity contribution in [2.24, 2.45) is 11.5 Å². The first kappa shape index (κ1) is 19.1. The number of hydrogen-bond donors (Lipinski definition) is 4. The number of rotatable bonds is 5. The van der Waals surface area contributed by atoms with Crippen molar-refractivity contribution >= 4 is 34.1 Å². The van der Waals surface area contributed by atoms with E-state index in [0.717, 1.165) is 42.7 Å². The van der Waals surface area contributed by atoms with Gasteiger partial charge in [0.05, 0.1) is 11.1 Å². The van der Waals surface area contributed by atoms with Crippen molar-refractivity contribution in [1.82, 2.24) is 9.97 Å². The Morgan fingerprint density at radius 1 is 1.14 bits per heavy atom. The number of benzene rings is 1. The fourth-order valence-electron chi connectivity index (χ4n) is 3.68. The van der Waals surface area contributed by atoms with Crippen LogP contribution in [0.1, 0.15) is 36.0 Å². The smallest absolute Gasteiger partial charge is 0.252 e. The van der Waals surface area contributed by atoms with Crippen molar-refractivity contribution in [2.45, 2.75) is 37.8 Å². The molecule has 3 aromatic rings. The minimum absolute atomic E-state index is 0.0210. The van der Waals surface area contributed by atoms with Gasteiger partial charge < -0.3 is 22.1 Å². The van der Waals surface area contributed by atoms with Crippen molar-refractivity contribution in [1.29, 1.82) is 0 Å². The lowest BCUT2D eigenvalue weighted by atomic mass is 9.91. The molecular weight excluding hydrogens is 371 g/mol. The molecule has 4 rings (SSSR count). The van der Waals surface area contributed by atoms with E-state index < -0.39 is 11.7 Å². The fraction of sp³-hybridized carbons (Fsp3) is 0.286. The zero-order valence-corrected chi connectivity index (χ0v) is 15.9. The summed E-state index contributed by atoms with van der Waals surface area (Å²) in [7, 11) is 0. The molecule has 0 saturated heterocycles. The highest BCUT2D eigenvalue weighted by Crippen LogP contribution is 2.27. The Morgan fingerprint density at radius 2 is 1.97 bits per heavy atom. The first-order valence-electron chi connectivity index (χ1n) is 9.65. The molecule has 1 aromatic carbocycles. The highest BCUT2D eigenvalue weighted by molar-refractivity contribution is 5.99. The molecule has 2 atom stereocenters. The summed E-state index contributed by atoms with van der Waals surface area (Å²) in [6.07, 6.45) is 5.55. The second-order valence-electron chi connectivity index (χ2n) is 7.31. The number of aromatic nitrogens is 2. The predicted molar refractivity (Wildman–Crippen MR) is 112 cm³/mol. The van der Waals surface area contributed by atoms with Crippen molar-refractivity contribution in [2.75, 3.05) is 10.6 Å². The molecule has 0 aliphatic heterocycles. The van der Waals surface area contributed by atoms with Gasteiger partial charge in [-0.1, -0.05) is 18.9 Å². The molecule has 1 amide bonds. The molecule has 150 valence electrons. The lowest BCUT2D eigenvalue weighted by molar-refractivity contribution is 0.100. The number of hydrogen-bond acceptors (Lipinski definition) is 6. The standard InChI is InChI=1S/C21H23FN6O/c22-15-11-14(19(24)29)20(28-21(15)27-18-6-2-1-5-16(18)23)26-13-7-8-17-12(10-13)4-3-9-25-17/h3-4,7-11,16,18H,1-2,5-6,23H2,(H2,24,29)(H2,26,27,28). The van der Waals surface area contributed by atoms with Crippen LogP contribution in [0.4, 0.5) is 21.7 Å². The third kappa shape index (κ3) is 4.12. The van der Waals surface area contributed by atoms with Gasteiger partial charge in [-0.25, -0.2) is 9.37 Å². The summed E-state index contributed by atoms with van der Waals surface area (Å²) in [4.78, 5) is 20.5. The summed E-state index contributed by atoms with van der Waals surface area (Å²) < 4.78 is 14.6. The molecular formula is C21H23FN6O. The van der Waals surface area contributed by atoms with E-state index in [4.69, 9.17) is 11.5 Å². The second-order valence-corrected chi connectivity index (χ2v) is 7.31. The molecule has 0 spiro atoms. The molecule has 1 saturated carbocycles. The number of nitrogens with one attached hydrogen (secondary N) is 2. The third-order valence-corrected chi connectivity index (χ3v) is 5.25. The summed E-state index contributed by atoms with van der Waals surface area (Å²) in [5, 5.41) is 7.11. The monoisotopic (exact) mass is 394 g/mol. The molecule has 0 bridgehead atoms. The highest BCUT2D eigenvalue weighted by Gasteiger charge is 2.24. The molecule has 2 aromatic heterocycles. The summed E-state index contributed by atoms with van der Waals surface area (Å²) in [5.41, 5.74) is 13.1. The molecule has 7 nitrogen and oxygen atoms in total. The van der Waals surface area contributed by atoms with Crippen molar-refractivity contribution in [3.63, 3.8) is 0 Å². The number of anilines is 3. The Morgan fingerprint density at radius 3 is 2.76 bits per heavy atom. The number of carbonyl (C=O) groups is 1. The van der Waals surface area contributed by atoms with Gasteiger partial charge in [0.25, 0.3) is 5.91 Å². The van der Waals surface area contributed by atoms with Crippen molar-refractivity contribution < 1.29 is 9.18 Å². The lowest BCUT2D eigenvalue weighted by Crippen LogP contribution is -2.43. The molecule has 6 N–H and O–H groups in total. The number of primary amides is 1. The normalized spacial score (nSPS) is 19.1. The lowest BCUT2D eigenvalue weighted by Gasteiger charge is -2.30. The van der Waals surface area contributed by atoms with Gasteiger partial charge in [0.1, 0.15) is 5.82 Å². The Bertz CT molecular complexity index is 1060. The van der Waals surface area contributed by atoms with Crippen LogP contribution >= 0.6 is 0 Å². The molecule has 0 radical (unpaired) electrons. The van der Waals surface area contributed by atoms with Crippen LogP contribution in [-0.4, -0.2) is 28.0 Å². The van der Waals surface area contributed by atoms with E-state index in [1.54, 1.807) is 6.20 Å². The van der Waals surface area contributed by atoms with E-state index in [2.05, 4.69) is 20.6 Å². The predicted octanol–water partition coefficient (Wildman–Crippen LogP) is 3.29. The molecule has 1 fully saturated rings. The summed E-state index contributed by atoms with van der Waals surface area (Å²) in [6.45, 7) is 0. The van der Waals surface area contributed by atoms with Crippen LogP contribution in [0.5, 0.6) is 0 Å². The molecule has 2 heterocycles. The van der Waals surface area contributed by atoms with Crippen LogP contribution in [0.15, 0.2) is 42.6 Å². The van der Waals surface area contributed by atoms with E-state index in [0.29, 0.717) is 5.69 Å². The summed E-state index contributed by atoms with van der Waals surface area (Å²) in [5.74, 6) is -1.15. The highest BCUT2D eigenvalue weighted by atomic mass is 19.1. The second kappa shape index (κ2) is 8.00. The van der Waals surface area contributed by atoms with Crippen LogP contribution < -0.4 is 22.1 Å². The molecule has 1 aliphatic rings. The Balaban J connectivity index is 1.67. The molecule has 2 unspecified atom stereocenters. The minimum atomic E-state index is -0.762. The maximum absolute atomic E-state index is 14.6. The number of nitrogens with two attached hydrogens (primary N) is 2. The van der Waals surface area contributed by atoms with Crippen LogP contribution in [-0.2, 0) is 0 Å². The first-order chi connectivity index (χ1) is 14.0. The van der Waals surface area contributed by atoms with Crippen LogP contribution in [0.3, 0.4) is 0 Å². The van der Waals surface area contributed by atoms with Crippen molar-refractivity contribution in [3.8, 4) is 0 Å². The topological polar surface area (TPSA) is 119 Å². The zero-order chi connectivity index (χ0) is 20.4. The minimum Gasteiger partial charge on any atom is -0.365 e. The Labute approximate surface area is 167 Å². The number of carbonyl (C=O) groups excluding carboxylic acids is 1. The number of fused-ring (bicyclic) bond motifs is 1. The summed E-state index contributed by atoms with van der Waals surface area (Å²) in [6, 6.07) is 10.3. The number of amides is 1. The molecule has 8 heteroatoms. The first-order valence-corrected chi connectivity index (χ1v) is 9.65. The molecule has 29 heavy (non-hydrogen) atoms. The largest absolute Gasteiger partial charge is 0.365 e. The Kier molecular flexibility index (Phi) is 5.26. The van der Waals surface area contributed by atoms with Gasteiger partial charge in [0.2, 0.25) is 0 Å². The van der Waals surface area contributed by atoms with Gasteiger partial charge >= 0.3 is 0 Å². The SMILES string of the molecule is NC(=O)c1cc(F)c(NC2CCCCC2N)nc1Nc1ccc2ncccc2c1. The number of pyridine rings is 2. The number of halogens is 1. The van der Waals surface area contributed by atoms with Gasteiger partial charge in [-0.3, -0.25) is 9.78 Å². The van der Waals surface area contributed by atoms with Gasteiger partial charge in [-0.05, 0) is 43.2 Å². The van der Waals surface area contributed by atoms with Gasteiger partial charge in [-0.15, -0.1) is 0 Å². The maximum Gasteiger partial charge on any atom is 0.252 e.